The molecule has 0 N–H and O–H groups in total. The van der Waals surface area contributed by atoms with Gasteiger partial charge >= 0.3 is 9.76 Å². The van der Waals surface area contributed by atoms with E-state index in [0.717, 1.165) is 18.4 Å². The predicted molar refractivity (Wildman–Crippen MR) is 79.0 cm³/mol. The lowest BCUT2D eigenvalue weighted by molar-refractivity contribution is -0.138. The minimum absolute atomic E-state index is 0.181. The van der Waals surface area contributed by atoms with Crippen LogP contribution in [0, 0.1) is 0 Å². The van der Waals surface area contributed by atoms with E-state index in [1.165, 1.54) is 5.56 Å². The molecule has 0 saturated heterocycles. The van der Waals surface area contributed by atoms with Gasteiger partial charge in [-0.1, -0.05) is 36.9 Å². The lowest BCUT2D eigenvalue weighted by Gasteiger charge is -2.24. The molecule has 19 heavy (non-hydrogen) atoms. The molecule has 0 aromatic heterocycles. The Morgan fingerprint density at radius 2 is 2.05 bits per heavy atom. The van der Waals surface area contributed by atoms with E-state index in [4.69, 9.17) is 13.9 Å². The second-order valence-corrected chi connectivity index (χ2v) is 5.76. The van der Waals surface area contributed by atoms with Crippen molar-refractivity contribution in [1.29, 1.82) is 0 Å². The summed E-state index contributed by atoms with van der Waals surface area (Å²) >= 11 is 0. The summed E-state index contributed by atoms with van der Waals surface area (Å²) in [5.41, 5.74) is 1.85. The molecule has 0 unspecified atom stereocenters. The third kappa shape index (κ3) is 5.70. The lowest BCUT2D eigenvalue weighted by atomic mass is 10.1. The largest absolute Gasteiger partial charge is 0.412 e. The lowest BCUT2D eigenvalue weighted by Crippen LogP contribution is -2.38. The predicted octanol–water partition coefficient (Wildman–Crippen LogP) is 2.86. The molecule has 1 rings (SSSR count). The van der Waals surface area contributed by atoms with Crippen LogP contribution in [-0.2, 0) is 20.3 Å². The first-order valence-corrected chi connectivity index (χ1v) is 7.25. The fraction of sp³-hybridized carbons (Fsp3) is 0.467. The van der Waals surface area contributed by atoms with Gasteiger partial charge in [-0.3, -0.25) is 0 Å². The standard InChI is InChI=1S/C15H22O3Si/c1-5-13-8-6-9-14(12-13)10-7-11-18-19-15(2,16-3)17-4/h5-6,8-9,12H,1,7,10-11H2,2-4H3. The molecule has 0 spiro atoms. The van der Waals surface area contributed by atoms with Gasteiger partial charge in [-0.15, -0.1) is 0 Å². The number of hydrogen-bond donors (Lipinski definition) is 0. The highest BCUT2D eigenvalue weighted by molar-refractivity contribution is 6.30. The smallest absolute Gasteiger partial charge is 0.304 e. The van der Waals surface area contributed by atoms with Crippen LogP contribution in [0.5, 0.6) is 0 Å². The zero-order valence-electron chi connectivity index (χ0n) is 11.9. The van der Waals surface area contributed by atoms with Crippen molar-refractivity contribution >= 4 is 15.8 Å². The van der Waals surface area contributed by atoms with E-state index in [-0.39, 0.29) is 9.76 Å². The second-order valence-electron chi connectivity index (χ2n) is 4.36. The molecular formula is C15H22O3Si. The van der Waals surface area contributed by atoms with Crippen LogP contribution in [0.2, 0.25) is 0 Å². The van der Waals surface area contributed by atoms with Gasteiger partial charge in [0.05, 0.1) is 0 Å². The normalized spacial score (nSPS) is 11.5. The molecule has 0 atom stereocenters. The van der Waals surface area contributed by atoms with Gasteiger partial charge in [-0.2, -0.15) is 0 Å². The molecule has 0 aliphatic heterocycles. The van der Waals surface area contributed by atoms with Crippen molar-refractivity contribution in [3.63, 3.8) is 0 Å². The number of rotatable bonds is 9. The van der Waals surface area contributed by atoms with E-state index in [9.17, 15) is 0 Å². The molecule has 1 aromatic rings. The highest BCUT2D eigenvalue weighted by Gasteiger charge is 2.25. The van der Waals surface area contributed by atoms with E-state index >= 15 is 0 Å². The maximum atomic E-state index is 5.62. The van der Waals surface area contributed by atoms with Crippen molar-refractivity contribution in [2.24, 2.45) is 0 Å². The monoisotopic (exact) mass is 278 g/mol. The van der Waals surface area contributed by atoms with Gasteiger partial charge in [0.2, 0.25) is 0 Å². The van der Waals surface area contributed by atoms with Gasteiger partial charge in [0.25, 0.3) is 0 Å². The summed E-state index contributed by atoms with van der Waals surface area (Å²) in [6, 6.07) is 8.40. The van der Waals surface area contributed by atoms with Crippen LogP contribution in [-0.4, -0.2) is 36.0 Å². The molecular weight excluding hydrogens is 256 g/mol. The minimum Gasteiger partial charge on any atom is -0.412 e. The first kappa shape index (κ1) is 16.1. The highest BCUT2D eigenvalue weighted by atomic mass is 28.2. The van der Waals surface area contributed by atoms with Crippen LogP contribution >= 0.6 is 0 Å². The summed E-state index contributed by atoms with van der Waals surface area (Å²) in [6.45, 7) is 6.36. The number of benzene rings is 1. The average Bonchev–Trinajstić information content (AvgIpc) is 2.47. The average molecular weight is 278 g/mol. The topological polar surface area (TPSA) is 27.7 Å². The van der Waals surface area contributed by atoms with Crippen LogP contribution in [0.1, 0.15) is 24.5 Å². The van der Waals surface area contributed by atoms with E-state index in [1.807, 2.05) is 13.0 Å². The second kappa shape index (κ2) is 8.27. The summed E-state index contributed by atoms with van der Waals surface area (Å²) in [5, 5.41) is 0. The van der Waals surface area contributed by atoms with Crippen molar-refractivity contribution in [1.82, 2.24) is 0 Å². The van der Waals surface area contributed by atoms with E-state index < -0.39 is 5.41 Å². The number of ether oxygens (including phenoxy) is 2. The van der Waals surface area contributed by atoms with Crippen LogP contribution < -0.4 is 0 Å². The number of methoxy groups -OCH3 is 2. The summed E-state index contributed by atoms with van der Waals surface area (Å²) < 4.78 is 16.1. The van der Waals surface area contributed by atoms with Crippen molar-refractivity contribution < 1.29 is 13.9 Å². The molecule has 2 radical (unpaired) electrons. The molecule has 104 valence electrons. The van der Waals surface area contributed by atoms with Gasteiger partial charge in [-0.25, -0.2) is 0 Å². The number of aryl methyl sites for hydroxylation is 1. The summed E-state index contributed by atoms with van der Waals surface area (Å²) in [7, 11) is 3.43. The van der Waals surface area contributed by atoms with E-state index in [2.05, 4.69) is 30.8 Å². The maximum absolute atomic E-state index is 5.62. The molecule has 3 nitrogen and oxygen atoms in total. The number of hydrogen-bond acceptors (Lipinski definition) is 3. The Morgan fingerprint density at radius 3 is 2.68 bits per heavy atom. The molecule has 0 bridgehead atoms. The molecule has 0 amide bonds. The summed E-state index contributed by atoms with van der Waals surface area (Å²) in [5.74, 6) is 0. The zero-order valence-corrected chi connectivity index (χ0v) is 12.9. The Hall–Kier alpha value is -0.943. The summed E-state index contributed by atoms with van der Waals surface area (Å²) in [4.78, 5) is 0. The molecule has 0 aliphatic carbocycles. The van der Waals surface area contributed by atoms with Gasteiger partial charge < -0.3 is 13.9 Å². The molecule has 0 aliphatic rings. The first-order valence-electron chi connectivity index (χ1n) is 6.34. The highest BCUT2D eigenvalue weighted by Crippen LogP contribution is 2.10. The third-order valence-corrected chi connectivity index (χ3v) is 4.06. The molecule has 0 saturated carbocycles. The Morgan fingerprint density at radius 1 is 1.32 bits per heavy atom. The minimum atomic E-state index is -0.622. The van der Waals surface area contributed by atoms with E-state index in [1.54, 1.807) is 14.2 Å². The van der Waals surface area contributed by atoms with Crippen LogP contribution in [0.25, 0.3) is 6.08 Å². The fourth-order valence-electron chi connectivity index (χ4n) is 1.57. The van der Waals surface area contributed by atoms with Gasteiger partial charge in [0.1, 0.15) is 0 Å². The third-order valence-electron chi connectivity index (χ3n) is 2.94. The van der Waals surface area contributed by atoms with Crippen LogP contribution in [0.4, 0.5) is 0 Å². The van der Waals surface area contributed by atoms with Crippen molar-refractivity contribution in [3.05, 3.63) is 42.0 Å². The zero-order chi connectivity index (χ0) is 14.1. The van der Waals surface area contributed by atoms with Crippen molar-refractivity contribution in [2.75, 3.05) is 20.8 Å². The summed E-state index contributed by atoms with van der Waals surface area (Å²) in [6.07, 6.45) is 3.85. The molecule has 4 heteroatoms. The SMILES string of the molecule is C=Cc1cccc(CCCO[Si]C(C)(OC)OC)c1. The van der Waals surface area contributed by atoms with Gasteiger partial charge in [0, 0.05) is 20.8 Å². The Bertz CT molecular complexity index is 389. The van der Waals surface area contributed by atoms with Crippen LogP contribution in [0.15, 0.2) is 30.8 Å². The van der Waals surface area contributed by atoms with Crippen molar-refractivity contribution in [3.8, 4) is 0 Å². The molecule has 0 fully saturated rings. The molecule has 1 aromatic carbocycles. The van der Waals surface area contributed by atoms with Crippen LogP contribution in [0.3, 0.4) is 0 Å². The molecule has 0 heterocycles. The fourth-order valence-corrected chi connectivity index (χ4v) is 2.25. The first-order chi connectivity index (χ1) is 9.13. The quantitative estimate of drug-likeness (QED) is 0.395. The van der Waals surface area contributed by atoms with Gasteiger partial charge in [0.15, 0.2) is 5.41 Å². The van der Waals surface area contributed by atoms with Gasteiger partial charge in [-0.05, 0) is 30.9 Å². The van der Waals surface area contributed by atoms with Crippen molar-refractivity contribution in [2.45, 2.75) is 25.2 Å². The Labute approximate surface area is 118 Å². The Balaban J connectivity index is 2.25. The Kier molecular flexibility index (Phi) is 7.01. The van der Waals surface area contributed by atoms with E-state index in [0.29, 0.717) is 6.61 Å². The maximum Gasteiger partial charge on any atom is 0.304 e.